The highest BCUT2D eigenvalue weighted by Gasteiger charge is 2.09. The Morgan fingerprint density at radius 2 is 0.667 bits per heavy atom. The molecule has 0 aromatic rings. The molecule has 0 N–H and O–H groups in total. The number of unbranched alkanes of at least 4 members (excludes halogenated alkanes) is 7. The Morgan fingerprint density at radius 3 is 1.00 bits per heavy atom. The van der Waals surface area contributed by atoms with Crippen molar-refractivity contribution >= 4 is 34.0 Å². The minimum atomic E-state index is 0. The number of hydrogen-bond acceptors (Lipinski definition) is 2. The molecule has 2 saturated heterocycles. The van der Waals surface area contributed by atoms with Gasteiger partial charge in [0.1, 0.15) is 0 Å². The number of likely N-dealkylation sites (tertiary alicyclic amines) is 2. The third kappa shape index (κ3) is 12.3. The van der Waals surface area contributed by atoms with E-state index < -0.39 is 0 Å². The fourth-order valence-corrected chi connectivity index (χ4v) is 4.10. The summed E-state index contributed by atoms with van der Waals surface area (Å²) in [5.74, 6) is 0. The Kier molecular flexibility index (Phi) is 17.9. The van der Waals surface area contributed by atoms with Gasteiger partial charge in [-0.3, -0.25) is 0 Å². The van der Waals surface area contributed by atoms with Gasteiger partial charge >= 0.3 is 0 Å². The van der Waals surface area contributed by atoms with Crippen molar-refractivity contribution in [2.75, 3.05) is 39.3 Å². The molecule has 0 radical (unpaired) electrons. The molecule has 0 aromatic heterocycles. The lowest BCUT2D eigenvalue weighted by Crippen LogP contribution is -2.30. The average molecular weight is 470 g/mol. The SMILES string of the molecule is Br.Br.C(CCCCCN1CCCCC1)CCCCN1CCCCC1. The maximum atomic E-state index is 2.68. The summed E-state index contributed by atoms with van der Waals surface area (Å²) in [5, 5.41) is 0. The van der Waals surface area contributed by atoms with Crippen molar-refractivity contribution in [3.05, 3.63) is 0 Å². The number of halogens is 2. The average Bonchev–Trinajstić information content (AvgIpc) is 2.58. The van der Waals surface area contributed by atoms with Gasteiger partial charge in [0.25, 0.3) is 0 Å². The summed E-state index contributed by atoms with van der Waals surface area (Å²) in [6.45, 7) is 8.23. The van der Waals surface area contributed by atoms with Crippen LogP contribution in [0.1, 0.15) is 89.9 Å². The van der Waals surface area contributed by atoms with Crippen LogP contribution in [0, 0.1) is 0 Å². The molecule has 4 heteroatoms. The molecule has 24 heavy (non-hydrogen) atoms. The second kappa shape index (κ2) is 17.3. The minimum absolute atomic E-state index is 0. The summed E-state index contributed by atoms with van der Waals surface area (Å²) in [6, 6.07) is 0. The van der Waals surface area contributed by atoms with Gasteiger partial charge in [0, 0.05) is 0 Å². The summed E-state index contributed by atoms with van der Waals surface area (Å²) in [6.07, 6.45) is 20.4. The molecular weight excluding hydrogens is 428 g/mol. The normalized spacial score (nSPS) is 19.5. The molecule has 2 aliphatic heterocycles. The molecular formula is C20H42Br2N2. The van der Waals surface area contributed by atoms with Crippen molar-refractivity contribution in [3.63, 3.8) is 0 Å². The lowest BCUT2D eigenvalue weighted by atomic mass is 10.1. The molecule has 0 amide bonds. The van der Waals surface area contributed by atoms with Crippen molar-refractivity contribution in [2.45, 2.75) is 89.9 Å². The van der Waals surface area contributed by atoms with E-state index in [1.54, 1.807) is 0 Å². The van der Waals surface area contributed by atoms with Gasteiger partial charge in [-0.05, 0) is 77.8 Å². The van der Waals surface area contributed by atoms with Gasteiger partial charge in [-0.2, -0.15) is 0 Å². The van der Waals surface area contributed by atoms with Crippen LogP contribution in [-0.4, -0.2) is 49.1 Å². The second-order valence-electron chi connectivity index (χ2n) is 7.63. The van der Waals surface area contributed by atoms with Gasteiger partial charge in [-0.15, -0.1) is 34.0 Å². The van der Waals surface area contributed by atoms with Gasteiger partial charge in [0.2, 0.25) is 0 Å². The molecule has 2 aliphatic rings. The second-order valence-corrected chi connectivity index (χ2v) is 7.63. The maximum absolute atomic E-state index is 2.68. The zero-order chi connectivity index (χ0) is 15.3. The van der Waals surface area contributed by atoms with Crippen molar-refractivity contribution < 1.29 is 0 Å². The highest BCUT2D eigenvalue weighted by Crippen LogP contribution is 2.13. The van der Waals surface area contributed by atoms with E-state index in [1.807, 2.05) is 0 Å². The summed E-state index contributed by atoms with van der Waals surface area (Å²) >= 11 is 0. The lowest BCUT2D eigenvalue weighted by molar-refractivity contribution is 0.223. The van der Waals surface area contributed by atoms with Crippen LogP contribution in [0.5, 0.6) is 0 Å². The van der Waals surface area contributed by atoms with Crippen molar-refractivity contribution in [2.24, 2.45) is 0 Å². The summed E-state index contributed by atoms with van der Waals surface area (Å²) in [5.41, 5.74) is 0. The Morgan fingerprint density at radius 1 is 0.375 bits per heavy atom. The van der Waals surface area contributed by atoms with Gasteiger partial charge in [-0.1, -0.05) is 51.4 Å². The summed E-state index contributed by atoms with van der Waals surface area (Å²) in [4.78, 5) is 5.37. The molecule has 0 spiro atoms. The van der Waals surface area contributed by atoms with E-state index in [1.165, 1.54) is 129 Å². The van der Waals surface area contributed by atoms with Crippen LogP contribution in [0.25, 0.3) is 0 Å². The molecule has 2 fully saturated rings. The summed E-state index contributed by atoms with van der Waals surface area (Å²) in [7, 11) is 0. The number of piperidine rings is 2. The van der Waals surface area contributed by atoms with Crippen molar-refractivity contribution in [1.82, 2.24) is 9.80 Å². The fourth-order valence-electron chi connectivity index (χ4n) is 4.10. The smallest absolute Gasteiger partial charge is 0.00187 e. The summed E-state index contributed by atoms with van der Waals surface area (Å²) < 4.78 is 0. The first-order valence-electron chi connectivity index (χ1n) is 10.4. The van der Waals surface area contributed by atoms with E-state index >= 15 is 0 Å². The van der Waals surface area contributed by atoms with Crippen molar-refractivity contribution in [1.29, 1.82) is 0 Å². The van der Waals surface area contributed by atoms with Crippen LogP contribution in [0.4, 0.5) is 0 Å². The quantitative estimate of drug-likeness (QED) is 0.330. The fraction of sp³-hybridized carbons (Fsp3) is 1.00. The lowest BCUT2D eigenvalue weighted by Gasteiger charge is -2.26. The van der Waals surface area contributed by atoms with Crippen LogP contribution in [0.3, 0.4) is 0 Å². The third-order valence-electron chi connectivity index (χ3n) is 5.60. The van der Waals surface area contributed by atoms with Crippen LogP contribution < -0.4 is 0 Å². The topological polar surface area (TPSA) is 6.48 Å². The zero-order valence-corrected chi connectivity index (χ0v) is 19.3. The van der Waals surface area contributed by atoms with E-state index in [0.717, 1.165) is 0 Å². The van der Waals surface area contributed by atoms with Crippen LogP contribution in [0.2, 0.25) is 0 Å². The van der Waals surface area contributed by atoms with Gasteiger partial charge < -0.3 is 9.80 Å². The Labute approximate surface area is 172 Å². The first-order valence-corrected chi connectivity index (χ1v) is 10.4. The Bertz CT molecular complexity index is 226. The van der Waals surface area contributed by atoms with Gasteiger partial charge in [-0.25, -0.2) is 0 Å². The molecule has 0 bridgehead atoms. The Hall–Kier alpha value is 0.880. The highest BCUT2D eigenvalue weighted by atomic mass is 79.9. The van der Waals surface area contributed by atoms with Gasteiger partial charge in [0.05, 0.1) is 0 Å². The highest BCUT2D eigenvalue weighted by molar-refractivity contribution is 8.93. The molecule has 0 unspecified atom stereocenters. The minimum Gasteiger partial charge on any atom is -0.303 e. The molecule has 146 valence electrons. The van der Waals surface area contributed by atoms with Crippen LogP contribution in [-0.2, 0) is 0 Å². The van der Waals surface area contributed by atoms with Crippen molar-refractivity contribution in [3.8, 4) is 0 Å². The monoisotopic (exact) mass is 468 g/mol. The Balaban J connectivity index is 0.00000264. The molecule has 2 heterocycles. The van der Waals surface area contributed by atoms with E-state index in [9.17, 15) is 0 Å². The standard InChI is InChI=1S/C20H40N2.2BrH/c1(3-5-9-15-21-17-11-7-12-18-21)2-4-6-10-16-22-19-13-8-14-20-22;;/h1-20H2;2*1H. The van der Waals surface area contributed by atoms with E-state index in [2.05, 4.69) is 9.80 Å². The predicted molar refractivity (Wildman–Crippen MR) is 118 cm³/mol. The molecule has 2 nitrogen and oxygen atoms in total. The maximum Gasteiger partial charge on any atom is -0.00187 e. The number of hydrogen-bond donors (Lipinski definition) is 0. The van der Waals surface area contributed by atoms with Crippen LogP contribution in [0.15, 0.2) is 0 Å². The van der Waals surface area contributed by atoms with Crippen LogP contribution >= 0.6 is 34.0 Å². The molecule has 0 atom stereocenters. The first-order chi connectivity index (χ1) is 10.9. The van der Waals surface area contributed by atoms with E-state index in [-0.39, 0.29) is 34.0 Å². The molecule has 2 rings (SSSR count). The van der Waals surface area contributed by atoms with E-state index in [4.69, 9.17) is 0 Å². The largest absolute Gasteiger partial charge is 0.303 e. The molecule has 0 saturated carbocycles. The number of nitrogens with zero attached hydrogens (tertiary/aromatic N) is 2. The van der Waals surface area contributed by atoms with E-state index in [0.29, 0.717) is 0 Å². The predicted octanol–water partition coefficient (Wildman–Crippen LogP) is 6.23. The zero-order valence-electron chi connectivity index (χ0n) is 15.9. The third-order valence-corrected chi connectivity index (χ3v) is 5.60. The molecule has 0 aromatic carbocycles. The van der Waals surface area contributed by atoms with Gasteiger partial charge in [0.15, 0.2) is 0 Å². The first kappa shape index (κ1) is 24.9. The number of rotatable bonds is 11. The molecule has 0 aliphatic carbocycles.